The maximum Gasteiger partial charge on any atom is 0.0511 e. The molecule has 4 heteroatoms. The van der Waals surface area contributed by atoms with Crippen LogP contribution < -0.4 is 10.6 Å². The van der Waals surface area contributed by atoms with Crippen molar-refractivity contribution in [1.82, 2.24) is 4.90 Å². The monoisotopic (exact) mass is 339 g/mol. The van der Waals surface area contributed by atoms with E-state index in [0.29, 0.717) is 0 Å². The van der Waals surface area contributed by atoms with Gasteiger partial charge in [0.25, 0.3) is 0 Å². The Morgan fingerprint density at radius 2 is 2.05 bits per heavy atom. The number of nitrogens with zero attached hydrogens (tertiary/aromatic N) is 2. The molecular formula is C16H26BrN3. The van der Waals surface area contributed by atoms with Crippen LogP contribution in [0.15, 0.2) is 22.7 Å². The van der Waals surface area contributed by atoms with E-state index in [-0.39, 0.29) is 11.6 Å². The predicted molar refractivity (Wildman–Crippen MR) is 90.4 cm³/mol. The second-order valence-corrected chi connectivity index (χ2v) is 7.48. The molecule has 112 valence electrons. The Morgan fingerprint density at radius 3 is 2.60 bits per heavy atom. The molecule has 0 bridgehead atoms. The molecule has 1 fully saturated rings. The van der Waals surface area contributed by atoms with Crippen LogP contribution in [0.1, 0.15) is 26.3 Å². The lowest BCUT2D eigenvalue weighted by Gasteiger charge is -2.46. The van der Waals surface area contributed by atoms with Gasteiger partial charge in [-0.1, -0.05) is 6.07 Å². The number of hydrogen-bond acceptors (Lipinski definition) is 3. The predicted octanol–water partition coefficient (Wildman–Crippen LogP) is 2.87. The van der Waals surface area contributed by atoms with Crippen LogP contribution in [0.3, 0.4) is 0 Å². The zero-order chi connectivity index (χ0) is 14.9. The quantitative estimate of drug-likeness (QED) is 0.918. The van der Waals surface area contributed by atoms with Crippen molar-refractivity contribution in [3.05, 3.63) is 28.2 Å². The van der Waals surface area contributed by atoms with Gasteiger partial charge in [-0.2, -0.15) is 0 Å². The summed E-state index contributed by atoms with van der Waals surface area (Å²) in [5.74, 6) is 0. The van der Waals surface area contributed by atoms with Gasteiger partial charge < -0.3 is 10.6 Å². The topological polar surface area (TPSA) is 32.5 Å². The van der Waals surface area contributed by atoms with Gasteiger partial charge in [-0.25, -0.2) is 0 Å². The van der Waals surface area contributed by atoms with Crippen LogP contribution in [0.25, 0.3) is 0 Å². The number of hydrogen-bond donors (Lipinski definition) is 1. The lowest BCUT2D eigenvalue weighted by atomic mass is 9.99. The van der Waals surface area contributed by atoms with E-state index < -0.39 is 0 Å². The number of rotatable bonds is 3. The van der Waals surface area contributed by atoms with Gasteiger partial charge in [-0.15, -0.1) is 0 Å². The first-order valence-corrected chi connectivity index (χ1v) is 8.09. The van der Waals surface area contributed by atoms with Gasteiger partial charge in [0.1, 0.15) is 0 Å². The third-order valence-electron chi connectivity index (χ3n) is 4.23. The molecule has 0 radical (unpaired) electrons. The van der Waals surface area contributed by atoms with Crippen LogP contribution in [0.4, 0.5) is 5.69 Å². The van der Waals surface area contributed by atoms with E-state index in [0.717, 1.165) is 26.1 Å². The first kappa shape index (κ1) is 15.8. The SMILES string of the molecule is CC(N)Cc1ccc(N2CCN(C)C(C)(C)C2)c(Br)c1. The van der Waals surface area contributed by atoms with E-state index in [1.54, 1.807) is 0 Å². The standard InChI is InChI=1S/C16H26BrN3/c1-12(18)9-13-5-6-15(14(17)10-13)20-8-7-19(4)16(2,3)11-20/h5-6,10,12H,7-9,11,18H2,1-4H3. The van der Waals surface area contributed by atoms with Gasteiger partial charge in [0.15, 0.2) is 0 Å². The molecule has 0 aromatic heterocycles. The Hall–Kier alpha value is -0.580. The van der Waals surface area contributed by atoms with Gasteiger partial charge >= 0.3 is 0 Å². The third-order valence-corrected chi connectivity index (χ3v) is 4.86. The van der Waals surface area contributed by atoms with Gasteiger partial charge in [0.2, 0.25) is 0 Å². The second-order valence-electron chi connectivity index (χ2n) is 6.62. The molecule has 1 unspecified atom stereocenters. The summed E-state index contributed by atoms with van der Waals surface area (Å²) in [7, 11) is 2.21. The highest BCUT2D eigenvalue weighted by atomic mass is 79.9. The van der Waals surface area contributed by atoms with E-state index in [2.05, 4.69) is 64.8 Å². The largest absolute Gasteiger partial charge is 0.368 e. The van der Waals surface area contributed by atoms with Crippen molar-refractivity contribution in [3.8, 4) is 0 Å². The fourth-order valence-corrected chi connectivity index (χ4v) is 3.43. The summed E-state index contributed by atoms with van der Waals surface area (Å²) in [6, 6.07) is 6.84. The maximum atomic E-state index is 5.87. The average molecular weight is 340 g/mol. The molecule has 1 atom stereocenters. The molecule has 1 aliphatic rings. The van der Waals surface area contributed by atoms with Crippen LogP contribution in [-0.4, -0.2) is 43.2 Å². The van der Waals surface area contributed by atoms with E-state index >= 15 is 0 Å². The van der Waals surface area contributed by atoms with Crippen molar-refractivity contribution < 1.29 is 0 Å². The fraction of sp³-hybridized carbons (Fsp3) is 0.625. The Morgan fingerprint density at radius 1 is 1.35 bits per heavy atom. The molecule has 1 saturated heterocycles. The maximum absolute atomic E-state index is 5.87. The Kier molecular flexibility index (Phi) is 4.77. The normalized spacial score (nSPS) is 21.0. The van der Waals surface area contributed by atoms with Crippen molar-refractivity contribution in [2.24, 2.45) is 5.73 Å². The minimum absolute atomic E-state index is 0.204. The molecule has 1 aromatic carbocycles. The Balaban J connectivity index is 2.17. The van der Waals surface area contributed by atoms with Crippen LogP contribution >= 0.6 is 15.9 Å². The van der Waals surface area contributed by atoms with Gasteiger partial charge in [-0.3, -0.25) is 4.90 Å². The highest BCUT2D eigenvalue weighted by Gasteiger charge is 2.31. The van der Waals surface area contributed by atoms with Crippen LogP contribution in [0.5, 0.6) is 0 Å². The highest BCUT2D eigenvalue weighted by Crippen LogP contribution is 2.31. The fourth-order valence-electron chi connectivity index (χ4n) is 2.75. The zero-order valence-electron chi connectivity index (χ0n) is 13.0. The molecule has 20 heavy (non-hydrogen) atoms. The van der Waals surface area contributed by atoms with E-state index in [1.807, 2.05) is 6.92 Å². The molecule has 0 aliphatic carbocycles. The van der Waals surface area contributed by atoms with Crippen molar-refractivity contribution in [2.45, 2.75) is 38.8 Å². The Bertz CT molecular complexity index is 471. The van der Waals surface area contributed by atoms with E-state index in [4.69, 9.17) is 5.73 Å². The van der Waals surface area contributed by atoms with Crippen molar-refractivity contribution in [2.75, 3.05) is 31.6 Å². The molecule has 0 amide bonds. The summed E-state index contributed by atoms with van der Waals surface area (Å²) in [4.78, 5) is 4.90. The minimum atomic E-state index is 0.204. The summed E-state index contributed by atoms with van der Waals surface area (Å²) in [5, 5.41) is 0. The number of likely N-dealkylation sites (N-methyl/N-ethyl adjacent to an activating group) is 1. The number of halogens is 1. The molecule has 2 N–H and O–H groups in total. The van der Waals surface area contributed by atoms with Crippen LogP contribution in [0.2, 0.25) is 0 Å². The lowest BCUT2D eigenvalue weighted by molar-refractivity contribution is 0.139. The minimum Gasteiger partial charge on any atom is -0.368 e. The molecule has 0 spiro atoms. The number of piperazine rings is 1. The smallest absolute Gasteiger partial charge is 0.0511 e. The molecule has 1 aromatic rings. The van der Waals surface area contributed by atoms with Gasteiger partial charge in [0.05, 0.1) is 5.69 Å². The number of benzene rings is 1. The zero-order valence-corrected chi connectivity index (χ0v) is 14.6. The third kappa shape index (κ3) is 3.54. The average Bonchev–Trinajstić information content (AvgIpc) is 2.32. The summed E-state index contributed by atoms with van der Waals surface area (Å²) < 4.78 is 1.18. The molecular weight excluding hydrogens is 314 g/mol. The summed E-state index contributed by atoms with van der Waals surface area (Å²) in [6.45, 7) is 9.88. The summed E-state index contributed by atoms with van der Waals surface area (Å²) in [6.07, 6.45) is 0.924. The lowest BCUT2D eigenvalue weighted by Crippen LogP contribution is -2.57. The molecule has 1 aliphatic heterocycles. The molecule has 3 nitrogen and oxygen atoms in total. The van der Waals surface area contributed by atoms with Gasteiger partial charge in [0, 0.05) is 35.7 Å². The first-order valence-electron chi connectivity index (χ1n) is 7.30. The van der Waals surface area contributed by atoms with Crippen LogP contribution in [-0.2, 0) is 6.42 Å². The highest BCUT2D eigenvalue weighted by molar-refractivity contribution is 9.10. The molecule has 0 saturated carbocycles. The van der Waals surface area contributed by atoms with E-state index in [1.165, 1.54) is 15.7 Å². The van der Waals surface area contributed by atoms with E-state index in [9.17, 15) is 0 Å². The number of nitrogens with two attached hydrogens (primary N) is 1. The van der Waals surface area contributed by atoms with Crippen molar-refractivity contribution in [3.63, 3.8) is 0 Å². The molecule has 2 rings (SSSR count). The van der Waals surface area contributed by atoms with Crippen LogP contribution in [0, 0.1) is 0 Å². The Labute approximate surface area is 131 Å². The molecule has 1 heterocycles. The van der Waals surface area contributed by atoms with Gasteiger partial charge in [-0.05, 0) is 67.9 Å². The van der Waals surface area contributed by atoms with Crippen molar-refractivity contribution in [1.29, 1.82) is 0 Å². The van der Waals surface area contributed by atoms with Crippen molar-refractivity contribution >= 4 is 21.6 Å². The summed E-state index contributed by atoms with van der Waals surface area (Å²) >= 11 is 3.73. The second kappa shape index (κ2) is 6.04. The first-order chi connectivity index (χ1) is 9.29. The summed E-state index contributed by atoms with van der Waals surface area (Å²) in [5.41, 5.74) is 8.67. The number of anilines is 1.